The van der Waals surface area contributed by atoms with Crippen molar-refractivity contribution in [3.63, 3.8) is 0 Å². The van der Waals surface area contributed by atoms with Gasteiger partial charge in [0.2, 0.25) is 0 Å². The Labute approximate surface area is 194 Å². The van der Waals surface area contributed by atoms with Crippen molar-refractivity contribution < 1.29 is 23.4 Å². The zero-order chi connectivity index (χ0) is 23.6. The summed E-state index contributed by atoms with van der Waals surface area (Å²) < 4.78 is 30.8. The fourth-order valence-electron chi connectivity index (χ4n) is 3.79. The van der Waals surface area contributed by atoms with E-state index in [0.717, 1.165) is 49.7 Å². The Morgan fingerprint density at radius 2 is 1.61 bits per heavy atom. The van der Waals surface area contributed by atoms with Gasteiger partial charge in [0.05, 0.1) is 12.2 Å². The van der Waals surface area contributed by atoms with Crippen molar-refractivity contribution in [2.45, 2.75) is 52.4 Å². The van der Waals surface area contributed by atoms with Crippen LogP contribution in [0.15, 0.2) is 60.7 Å². The molecule has 0 N–H and O–H groups in total. The van der Waals surface area contributed by atoms with Crippen LogP contribution in [-0.4, -0.2) is 12.6 Å². The summed E-state index contributed by atoms with van der Waals surface area (Å²) in [7, 11) is 0. The topological polar surface area (TPSA) is 35.5 Å². The summed E-state index contributed by atoms with van der Waals surface area (Å²) in [6.45, 7) is 4.36. The van der Waals surface area contributed by atoms with Gasteiger partial charge in [-0.3, -0.25) is 4.89 Å². The molecule has 0 fully saturated rings. The summed E-state index contributed by atoms with van der Waals surface area (Å²) in [5, 5.41) is 0. The molecule has 5 heteroatoms. The van der Waals surface area contributed by atoms with E-state index in [0.29, 0.717) is 5.56 Å². The molecule has 0 aliphatic heterocycles. The molecule has 0 aliphatic rings. The number of hydrogen-bond donors (Lipinski definition) is 0. The summed E-state index contributed by atoms with van der Waals surface area (Å²) in [6.07, 6.45) is 5.47. The second kappa shape index (κ2) is 12.3. The third-order valence-electron chi connectivity index (χ3n) is 5.50. The Balaban J connectivity index is 1.96. The second-order valence-electron chi connectivity index (χ2n) is 8.03. The Bertz CT molecular complexity index is 1060. The lowest BCUT2D eigenvalue weighted by atomic mass is 9.91. The van der Waals surface area contributed by atoms with Crippen LogP contribution in [0.3, 0.4) is 0 Å². The SMILES string of the molecule is CCCCCCOOC(=O)c1ccc(-c2ccccc2)c(-c2ccc(CCC)cc2F)c1F. The molecule has 3 nitrogen and oxygen atoms in total. The van der Waals surface area contributed by atoms with Crippen molar-refractivity contribution in [1.29, 1.82) is 0 Å². The van der Waals surface area contributed by atoms with Crippen LogP contribution in [0.4, 0.5) is 8.78 Å². The molecule has 0 amide bonds. The van der Waals surface area contributed by atoms with Crippen LogP contribution in [0.2, 0.25) is 0 Å². The van der Waals surface area contributed by atoms with E-state index in [1.807, 2.05) is 37.3 Å². The van der Waals surface area contributed by atoms with Gasteiger partial charge in [0, 0.05) is 11.1 Å². The maximum atomic E-state index is 15.7. The zero-order valence-electron chi connectivity index (χ0n) is 19.2. The highest BCUT2D eigenvalue weighted by Crippen LogP contribution is 2.37. The Kier molecular flexibility index (Phi) is 9.14. The summed E-state index contributed by atoms with van der Waals surface area (Å²) in [5.41, 5.74) is 1.88. The fraction of sp³-hybridized carbons (Fsp3) is 0.321. The molecule has 0 atom stereocenters. The number of carbonyl (C=O) groups is 1. The third kappa shape index (κ3) is 6.26. The molecular weight excluding hydrogens is 422 g/mol. The molecule has 0 unspecified atom stereocenters. The van der Waals surface area contributed by atoms with Crippen molar-refractivity contribution in [2.24, 2.45) is 0 Å². The van der Waals surface area contributed by atoms with Crippen molar-refractivity contribution in [2.75, 3.05) is 6.61 Å². The smallest absolute Gasteiger partial charge is 0.293 e. The number of halogens is 2. The average molecular weight is 453 g/mol. The standard InChI is InChI=1S/C28H30F2O3/c1-3-5-6-10-18-32-33-28(31)24-17-16-22(21-12-8-7-9-13-21)26(27(24)30)23-15-14-20(11-4-2)19-25(23)29/h7-9,12-17,19H,3-6,10-11,18H2,1-2H3. The maximum Gasteiger partial charge on any atom is 0.376 e. The molecule has 0 heterocycles. The predicted molar refractivity (Wildman–Crippen MR) is 127 cm³/mol. The van der Waals surface area contributed by atoms with Crippen LogP contribution in [0.1, 0.15) is 61.9 Å². The van der Waals surface area contributed by atoms with Crippen molar-refractivity contribution >= 4 is 5.97 Å². The fourth-order valence-corrected chi connectivity index (χ4v) is 3.79. The van der Waals surface area contributed by atoms with Gasteiger partial charge in [-0.2, -0.15) is 4.89 Å². The van der Waals surface area contributed by atoms with Crippen LogP contribution in [0, 0.1) is 11.6 Å². The molecule has 0 aliphatic carbocycles. The Morgan fingerprint density at radius 3 is 2.30 bits per heavy atom. The quantitative estimate of drug-likeness (QED) is 0.168. The lowest BCUT2D eigenvalue weighted by Crippen LogP contribution is -2.10. The van der Waals surface area contributed by atoms with Gasteiger partial charge in [-0.15, -0.1) is 0 Å². The first-order chi connectivity index (χ1) is 16.1. The molecule has 0 radical (unpaired) electrons. The monoisotopic (exact) mass is 452 g/mol. The van der Waals surface area contributed by atoms with E-state index >= 15 is 8.78 Å². The minimum atomic E-state index is -0.938. The lowest BCUT2D eigenvalue weighted by Gasteiger charge is -2.15. The summed E-state index contributed by atoms with van der Waals surface area (Å²) >= 11 is 0. The molecule has 0 saturated heterocycles. The number of hydrogen-bond acceptors (Lipinski definition) is 3. The van der Waals surface area contributed by atoms with E-state index in [4.69, 9.17) is 9.78 Å². The lowest BCUT2D eigenvalue weighted by molar-refractivity contribution is -0.241. The highest BCUT2D eigenvalue weighted by molar-refractivity contribution is 5.95. The summed E-state index contributed by atoms with van der Waals surface area (Å²) in [4.78, 5) is 22.4. The molecule has 0 spiro atoms. The Hall–Kier alpha value is -3.05. The van der Waals surface area contributed by atoms with Gasteiger partial charge in [-0.25, -0.2) is 13.6 Å². The minimum absolute atomic E-state index is 0.0270. The van der Waals surface area contributed by atoms with Crippen LogP contribution in [-0.2, 0) is 16.2 Å². The normalized spacial score (nSPS) is 10.9. The maximum absolute atomic E-state index is 15.7. The van der Waals surface area contributed by atoms with Gasteiger partial charge in [0.15, 0.2) is 0 Å². The molecule has 3 rings (SSSR count). The van der Waals surface area contributed by atoms with E-state index in [9.17, 15) is 4.79 Å². The van der Waals surface area contributed by atoms with E-state index < -0.39 is 17.6 Å². The minimum Gasteiger partial charge on any atom is -0.293 e. The zero-order valence-corrected chi connectivity index (χ0v) is 19.2. The number of carbonyl (C=O) groups excluding carboxylic acids is 1. The number of aryl methyl sites for hydroxylation is 1. The molecule has 0 bridgehead atoms. The van der Waals surface area contributed by atoms with Gasteiger partial charge in [-0.05, 0) is 41.7 Å². The second-order valence-corrected chi connectivity index (χ2v) is 8.03. The van der Waals surface area contributed by atoms with Gasteiger partial charge in [-0.1, -0.05) is 88.1 Å². The first-order valence-electron chi connectivity index (χ1n) is 11.6. The highest BCUT2D eigenvalue weighted by atomic mass is 19.1. The third-order valence-corrected chi connectivity index (χ3v) is 5.50. The molecule has 33 heavy (non-hydrogen) atoms. The van der Waals surface area contributed by atoms with Crippen LogP contribution >= 0.6 is 0 Å². The number of benzene rings is 3. The molecule has 0 saturated carbocycles. The van der Waals surface area contributed by atoms with Crippen LogP contribution < -0.4 is 0 Å². The largest absolute Gasteiger partial charge is 0.376 e. The summed E-state index contributed by atoms with van der Waals surface area (Å²) in [6, 6.07) is 16.9. The molecule has 174 valence electrons. The van der Waals surface area contributed by atoms with Crippen molar-refractivity contribution in [3.05, 3.63) is 83.4 Å². The predicted octanol–water partition coefficient (Wildman–Crippen LogP) is 7.92. The summed E-state index contributed by atoms with van der Waals surface area (Å²) in [5.74, 6) is -2.31. The van der Waals surface area contributed by atoms with E-state index in [1.54, 1.807) is 18.2 Å². The van der Waals surface area contributed by atoms with Crippen molar-refractivity contribution in [3.8, 4) is 22.3 Å². The van der Waals surface area contributed by atoms with E-state index in [-0.39, 0.29) is 23.3 Å². The van der Waals surface area contributed by atoms with E-state index in [2.05, 4.69) is 6.92 Å². The van der Waals surface area contributed by atoms with Gasteiger partial charge in [0.1, 0.15) is 11.6 Å². The molecule has 0 aromatic heterocycles. The van der Waals surface area contributed by atoms with Gasteiger partial charge >= 0.3 is 5.97 Å². The Morgan fingerprint density at radius 1 is 0.848 bits per heavy atom. The van der Waals surface area contributed by atoms with Gasteiger partial charge < -0.3 is 0 Å². The molecule has 3 aromatic carbocycles. The van der Waals surface area contributed by atoms with E-state index in [1.165, 1.54) is 12.1 Å². The van der Waals surface area contributed by atoms with Gasteiger partial charge in [0.25, 0.3) is 0 Å². The van der Waals surface area contributed by atoms with Crippen LogP contribution in [0.5, 0.6) is 0 Å². The first kappa shape index (κ1) is 24.6. The first-order valence-corrected chi connectivity index (χ1v) is 11.6. The molecular formula is C28H30F2O3. The number of unbranched alkanes of at least 4 members (excludes halogenated alkanes) is 3. The van der Waals surface area contributed by atoms with Crippen molar-refractivity contribution in [1.82, 2.24) is 0 Å². The van der Waals surface area contributed by atoms with Crippen LogP contribution in [0.25, 0.3) is 22.3 Å². The molecule has 3 aromatic rings. The number of rotatable bonds is 11. The average Bonchev–Trinajstić information content (AvgIpc) is 2.82. The highest BCUT2D eigenvalue weighted by Gasteiger charge is 2.24.